The lowest BCUT2D eigenvalue weighted by atomic mass is 10.2. The summed E-state index contributed by atoms with van der Waals surface area (Å²) in [6, 6.07) is 8.10. The van der Waals surface area contributed by atoms with Crippen LogP contribution in [0.3, 0.4) is 0 Å². The molecule has 0 spiro atoms. The molecule has 3 heteroatoms. The van der Waals surface area contributed by atoms with Crippen LogP contribution in [0.1, 0.15) is 12.0 Å². The Morgan fingerprint density at radius 3 is 2.86 bits per heavy atom. The van der Waals surface area contributed by atoms with Crippen molar-refractivity contribution in [3.05, 3.63) is 29.8 Å². The van der Waals surface area contributed by atoms with Crippen LogP contribution in [0.25, 0.3) is 0 Å². The Kier molecular flexibility index (Phi) is 3.98. The standard InChI is InChI=1S/C11H16N2O/c1-9-4-3-5-10(8-9)13-7-6-11(14)12-2/h3-5,8,13H,6-7H2,1-2H3,(H,12,14). The number of hydrogen-bond acceptors (Lipinski definition) is 2. The van der Waals surface area contributed by atoms with Crippen molar-refractivity contribution in [3.8, 4) is 0 Å². The van der Waals surface area contributed by atoms with Gasteiger partial charge in [0.25, 0.3) is 0 Å². The monoisotopic (exact) mass is 192 g/mol. The smallest absolute Gasteiger partial charge is 0.221 e. The number of carbonyl (C=O) groups is 1. The normalized spacial score (nSPS) is 9.57. The van der Waals surface area contributed by atoms with Crippen LogP contribution in [0, 0.1) is 6.92 Å². The van der Waals surface area contributed by atoms with Crippen LogP contribution in [0.5, 0.6) is 0 Å². The molecule has 76 valence electrons. The van der Waals surface area contributed by atoms with Crippen LogP contribution < -0.4 is 10.6 Å². The van der Waals surface area contributed by atoms with E-state index in [1.807, 2.05) is 25.1 Å². The number of anilines is 1. The van der Waals surface area contributed by atoms with Crippen molar-refractivity contribution in [2.75, 3.05) is 18.9 Å². The molecule has 0 radical (unpaired) electrons. The predicted octanol–water partition coefficient (Wildman–Crippen LogP) is 1.54. The van der Waals surface area contributed by atoms with Gasteiger partial charge in [-0.2, -0.15) is 0 Å². The first-order valence-electron chi connectivity index (χ1n) is 4.73. The summed E-state index contributed by atoms with van der Waals surface area (Å²) in [6.45, 7) is 2.72. The maximum absolute atomic E-state index is 10.9. The quantitative estimate of drug-likeness (QED) is 0.759. The fourth-order valence-electron chi connectivity index (χ4n) is 1.20. The number of benzene rings is 1. The molecular formula is C11H16N2O. The Morgan fingerprint density at radius 1 is 1.43 bits per heavy atom. The number of aryl methyl sites for hydroxylation is 1. The first-order valence-corrected chi connectivity index (χ1v) is 4.73. The summed E-state index contributed by atoms with van der Waals surface area (Å²) in [7, 11) is 1.65. The van der Waals surface area contributed by atoms with Crippen LogP contribution in [-0.4, -0.2) is 19.5 Å². The molecule has 1 amide bonds. The minimum atomic E-state index is 0.0603. The largest absolute Gasteiger partial charge is 0.385 e. The summed E-state index contributed by atoms with van der Waals surface area (Å²) in [5.74, 6) is 0.0603. The zero-order chi connectivity index (χ0) is 10.4. The van der Waals surface area contributed by atoms with E-state index in [2.05, 4.69) is 16.7 Å². The summed E-state index contributed by atoms with van der Waals surface area (Å²) in [5, 5.41) is 5.77. The number of rotatable bonds is 4. The van der Waals surface area contributed by atoms with E-state index in [9.17, 15) is 4.79 Å². The Hall–Kier alpha value is -1.51. The van der Waals surface area contributed by atoms with Crippen molar-refractivity contribution in [3.63, 3.8) is 0 Å². The second kappa shape index (κ2) is 5.27. The molecule has 0 aliphatic carbocycles. The second-order valence-corrected chi connectivity index (χ2v) is 3.22. The van der Waals surface area contributed by atoms with Crippen LogP contribution in [0.2, 0.25) is 0 Å². The van der Waals surface area contributed by atoms with Crippen molar-refractivity contribution >= 4 is 11.6 Å². The van der Waals surface area contributed by atoms with Gasteiger partial charge in [0.2, 0.25) is 5.91 Å². The summed E-state index contributed by atoms with van der Waals surface area (Å²) >= 11 is 0. The molecule has 2 N–H and O–H groups in total. The lowest BCUT2D eigenvalue weighted by Crippen LogP contribution is -2.20. The molecule has 0 saturated carbocycles. The van der Waals surface area contributed by atoms with E-state index in [1.54, 1.807) is 7.05 Å². The number of carbonyl (C=O) groups excluding carboxylic acids is 1. The van der Waals surface area contributed by atoms with E-state index in [0.29, 0.717) is 13.0 Å². The van der Waals surface area contributed by atoms with Gasteiger partial charge in [-0.05, 0) is 24.6 Å². The zero-order valence-electron chi connectivity index (χ0n) is 8.63. The maximum atomic E-state index is 10.9. The molecule has 0 aromatic heterocycles. The van der Waals surface area contributed by atoms with Gasteiger partial charge in [0, 0.05) is 25.7 Å². The first kappa shape index (κ1) is 10.6. The van der Waals surface area contributed by atoms with Gasteiger partial charge < -0.3 is 10.6 Å². The average molecular weight is 192 g/mol. The summed E-state index contributed by atoms with van der Waals surface area (Å²) in [4.78, 5) is 10.9. The van der Waals surface area contributed by atoms with Crippen LogP contribution in [-0.2, 0) is 4.79 Å². The maximum Gasteiger partial charge on any atom is 0.221 e. The lowest BCUT2D eigenvalue weighted by Gasteiger charge is -2.06. The highest BCUT2D eigenvalue weighted by Gasteiger charge is 1.96. The lowest BCUT2D eigenvalue weighted by molar-refractivity contribution is -0.120. The topological polar surface area (TPSA) is 41.1 Å². The van der Waals surface area contributed by atoms with Crippen LogP contribution >= 0.6 is 0 Å². The van der Waals surface area contributed by atoms with Crippen LogP contribution in [0.4, 0.5) is 5.69 Å². The summed E-state index contributed by atoms with van der Waals surface area (Å²) in [6.07, 6.45) is 0.504. The van der Waals surface area contributed by atoms with Crippen molar-refractivity contribution < 1.29 is 4.79 Å². The number of amides is 1. The van der Waals surface area contributed by atoms with E-state index in [1.165, 1.54) is 5.56 Å². The molecular weight excluding hydrogens is 176 g/mol. The highest BCUT2D eigenvalue weighted by Crippen LogP contribution is 2.08. The van der Waals surface area contributed by atoms with E-state index < -0.39 is 0 Å². The van der Waals surface area contributed by atoms with Crippen molar-refractivity contribution in [1.29, 1.82) is 0 Å². The molecule has 1 rings (SSSR count). The molecule has 1 aromatic rings. The van der Waals surface area contributed by atoms with Gasteiger partial charge in [0.05, 0.1) is 0 Å². The molecule has 0 fully saturated rings. The van der Waals surface area contributed by atoms with Gasteiger partial charge >= 0.3 is 0 Å². The van der Waals surface area contributed by atoms with Crippen molar-refractivity contribution in [2.45, 2.75) is 13.3 Å². The van der Waals surface area contributed by atoms with E-state index in [-0.39, 0.29) is 5.91 Å². The van der Waals surface area contributed by atoms with E-state index >= 15 is 0 Å². The Bertz CT molecular complexity index is 310. The van der Waals surface area contributed by atoms with Gasteiger partial charge in [0.15, 0.2) is 0 Å². The summed E-state index contributed by atoms with van der Waals surface area (Å²) in [5.41, 5.74) is 2.28. The third-order valence-electron chi connectivity index (χ3n) is 1.98. The molecule has 3 nitrogen and oxygen atoms in total. The third kappa shape index (κ3) is 3.47. The highest BCUT2D eigenvalue weighted by atomic mass is 16.1. The average Bonchev–Trinajstić information content (AvgIpc) is 2.17. The molecule has 0 aliphatic rings. The predicted molar refractivity (Wildman–Crippen MR) is 58.4 cm³/mol. The number of hydrogen-bond donors (Lipinski definition) is 2. The molecule has 0 aliphatic heterocycles. The van der Waals surface area contributed by atoms with Gasteiger partial charge in [-0.3, -0.25) is 4.79 Å². The van der Waals surface area contributed by atoms with E-state index in [4.69, 9.17) is 0 Å². The second-order valence-electron chi connectivity index (χ2n) is 3.22. The SMILES string of the molecule is CNC(=O)CCNc1cccc(C)c1. The molecule has 0 saturated heterocycles. The van der Waals surface area contributed by atoms with Gasteiger partial charge in [-0.15, -0.1) is 0 Å². The molecule has 0 atom stereocenters. The summed E-state index contributed by atoms with van der Waals surface area (Å²) < 4.78 is 0. The Labute approximate surface area is 84.5 Å². The Morgan fingerprint density at radius 2 is 2.21 bits per heavy atom. The zero-order valence-corrected chi connectivity index (χ0v) is 8.63. The van der Waals surface area contributed by atoms with E-state index in [0.717, 1.165) is 5.69 Å². The Balaban J connectivity index is 2.35. The fraction of sp³-hybridized carbons (Fsp3) is 0.364. The van der Waals surface area contributed by atoms with Gasteiger partial charge in [-0.1, -0.05) is 12.1 Å². The molecule has 14 heavy (non-hydrogen) atoms. The molecule has 0 heterocycles. The van der Waals surface area contributed by atoms with Crippen molar-refractivity contribution in [2.24, 2.45) is 0 Å². The molecule has 0 unspecified atom stereocenters. The first-order chi connectivity index (χ1) is 6.72. The minimum Gasteiger partial charge on any atom is -0.385 e. The van der Waals surface area contributed by atoms with Gasteiger partial charge in [0.1, 0.15) is 0 Å². The van der Waals surface area contributed by atoms with Crippen LogP contribution in [0.15, 0.2) is 24.3 Å². The molecule has 0 bridgehead atoms. The van der Waals surface area contributed by atoms with Crippen molar-refractivity contribution in [1.82, 2.24) is 5.32 Å². The van der Waals surface area contributed by atoms with Gasteiger partial charge in [-0.25, -0.2) is 0 Å². The minimum absolute atomic E-state index is 0.0603. The number of nitrogens with one attached hydrogen (secondary N) is 2. The molecule has 1 aromatic carbocycles. The third-order valence-corrected chi connectivity index (χ3v) is 1.98. The highest BCUT2D eigenvalue weighted by molar-refractivity contribution is 5.76. The fourth-order valence-corrected chi connectivity index (χ4v) is 1.20.